The maximum Gasteiger partial charge on any atom is 0.273 e. The number of methoxy groups -OCH3 is 2. The first-order chi connectivity index (χ1) is 18.8. The van der Waals surface area contributed by atoms with E-state index in [1.165, 1.54) is 0 Å². The summed E-state index contributed by atoms with van der Waals surface area (Å²) < 4.78 is 12.4. The zero-order valence-electron chi connectivity index (χ0n) is 22.6. The Kier molecular flexibility index (Phi) is 7.11. The highest BCUT2D eigenvalue weighted by atomic mass is 16.5. The maximum absolute atomic E-state index is 14.0. The molecule has 5 rings (SSSR count). The van der Waals surface area contributed by atoms with Crippen molar-refractivity contribution >= 4 is 11.8 Å². The van der Waals surface area contributed by atoms with Crippen LogP contribution in [0.5, 0.6) is 11.5 Å². The van der Waals surface area contributed by atoms with Gasteiger partial charge in [-0.1, -0.05) is 42.5 Å². The van der Waals surface area contributed by atoms with Gasteiger partial charge in [0.25, 0.3) is 5.91 Å². The molecule has 8 heteroatoms. The topological polar surface area (TPSA) is 85.7 Å². The molecule has 2 amide bonds. The van der Waals surface area contributed by atoms with Gasteiger partial charge in [0.05, 0.1) is 26.5 Å². The van der Waals surface area contributed by atoms with E-state index in [9.17, 15) is 9.59 Å². The van der Waals surface area contributed by atoms with E-state index in [1.807, 2.05) is 79.7 Å². The number of ether oxygens (including phenoxy) is 2. The third-order valence-corrected chi connectivity index (χ3v) is 7.39. The van der Waals surface area contributed by atoms with Crippen molar-refractivity contribution in [3.8, 4) is 22.8 Å². The summed E-state index contributed by atoms with van der Waals surface area (Å²) in [6.07, 6.45) is 0. The molecule has 1 aromatic heterocycles. The smallest absolute Gasteiger partial charge is 0.273 e. The second-order valence-electron chi connectivity index (χ2n) is 9.89. The van der Waals surface area contributed by atoms with Gasteiger partial charge < -0.3 is 19.7 Å². The van der Waals surface area contributed by atoms with Crippen molar-refractivity contribution in [2.45, 2.75) is 39.0 Å². The molecule has 0 bridgehead atoms. The largest absolute Gasteiger partial charge is 0.497 e. The normalized spacial score (nSPS) is 16.5. The summed E-state index contributed by atoms with van der Waals surface area (Å²) in [5.74, 6) is 0.926. The van der Waals surface area contributed by atoms with Crippen LogP contribution in [0.25, 0.3) is 11.3 Å². The monoisotopic (exact) mass is 524 g/mol. The van der Waals surface area contributed by atoms with Crippen molar-refractivity contribution in [3.05, 3.63) is 101 Å². The average molecular weight is 525 g/mol. The number of fused-ring (bicyclic) bond motifs is 1. The Bertz CT molecular complexity index is 1510. The van der Waals surface area contributed by atoms with Gasteiger partial charge in [-0.2, -0.15) is 5.10 Å². The van der Waals surface area contributed by atoms with Gasteiger partial charge in [0.2, 0.25) is 5.91 Å². The van der Waals surface area contributed by atoms with Crippen molar-refractivity contribution in [2.24, 2.45) is 0 Å². The van der Waals surface area contributed by atoms with Gasteiger partial charge in [0, 0.05) is 24.2 Å². The van der Waals surface area contributed by atoms with Crippen LogP contribution in [0.15, 0.2) is 78.9 Å². The van der Waals surface area contributed by atoms with Crippen LogP contribution in [-0.2, 0) is 24.4 Å². The van der Waals surface area contributed by atoms with Crippen molar-refractivity contribution in [1.82, 2.24) is 20.0 Å². The van der Waals surface area contributed by atoms with Crippen LogP contribution >= 0.6 is 0 Å². The molecule has 0 saturated carbocycles. The van der Waals surface area contributed by atoms with Crippen molar-refractivity contribution in [2.75, 3.05) is 14.2 Å². The van der Waals surface area contributed by atoms with Crippen LogP contribution in [0.1, 0.15) is 34.1 Å². The van der Waals surface area contributed by atoms with E-state index in [0.29, 0.717) is 23.7 Å². The summed E-state index contributed by atoms with van der Waals surface area (Å²) in [6, 6.07) is 24.8. The highest BCUT2D eigenvalue weighted by Crippen LogP contribution is 2.32. The van der Waals surface area contributed by atoms with E-state index in [-0.39, 0.29) is 24.9 Å². The highest BCUT2D eigenvalue weighted by Gasteiger charge is 2.48. The molecule has 0 spiro atoms. The maximum atomic E-state index is 14.0. The minimum atomic E-state index is -1.18. The van der Waals surface area contributed by atoms with E-state index in [0.717, 1.165) is 28.0 Å². The number of hydrogen-bond donors (Lipinski definition) is 1. The molecule has 0 fully saturated rings. The molecule has 0 unspecified atom stereocenters. The molecular formula is C31H32N4O4. The Morgan fingerprint density at radius 1 is 0.974 bits per heavy atom. The molecule has 4 aromatic rings. The van der Waals surface area contributed by atoms with Crippen molar-refractivity contribution in [1.29, 1.82) is 0 Å². The number of aryl methyl sites for hydroxylation is 1. The molecule has 3 aromatic carbocycles. The van der Waals surface area contributed by atoms with Gasteiger partial charge in [0.15, 0.2) is 0 Å². The lowest BCUT2D eigenvalue weighted by Gasteiger charge is -2.43. The standard InChI is InChI=1S/C31H32N4O4/c1-21-9-5-6-11-24(21)19-34-29(36)27-17-26(22-13-15-25(38-3)16-14-22)33-35(27)20-31(34,2)30(37)32-18-23-10-7-8-12-28(23)39-4/h5-17H,18-20H2,1-4H3,(H,32,37)/t31-/m0/s1. The lowest BCUT2D eigenvalue weighted by molar-refractivity contribution is -0.133. The summed E-state index contributed by atoms with van der Waals surface area (Å²) >= 11 is 0. The molecule has 1 N–H and O–H groups in total. The molecule has 1 aliphatic heterocycles. The first-order valence-corrected chi connectivity index (χ1v) is 12.8. The number of carbonyl (C=O) groups is 2. The molecule has 1 aliphatic rings. The Balaban J connectivity index is 1.50. The van der Waals surface area contributed by atoms with Crippen LogP contribution in [0, 0.1) is 6.92 Å². The van der Waals surface area contributed by atoms with E-state index in [1.54, 1.807) is 36.8 Å². The summed E-state index contributed by atoms with van der Waals surface area (Å²) in [6.45, 7) is 4.60. The molecule has 39 heavy (non-hydrogen) atoms. The molecule has 8 nitrogen and oxygen atoms in total. The Labute approximate surface area is 228 Å². The van der Waals surface area contributed by atoms with Crippen LogP contribution in [-0.4, -0.2) is 46.3 Å². The molecule has 200 valence electrons. The van der Waals surface area contributed by atoms with Gasteiger partial charge in [-0.05, 0) is 61.4 Å². The number of rotatable bonds is 8. The summed E-state index contributed by atoms with van der Waals surface area (Å²) in [7, 11) is 3.22. The highest BCUT2D eigenvalue weighted by molar-refractivity contribution is 6.00. The third kappa shape index (κ3) is 4.97. The van der Waals surface area contributed by atoms with Gasteiger partial charge in [-0.15, -0.1) is 0 Å². The van der Waals surface area contributed by atoms with Crippen LogP contribution in [0.2, 0.25) is 0 Å². The molecule has 0 radical (unpaired) electrons. The first kappa shape index (κ1) is 26.0. The SMILES string of the molecule is COc1ccc(-c2cc3n(n2)C[C@@](C)(C(=O)NCc2ccccc2OC)N(Cc2ccccc2C)C3=O)cc1. The molecule has 2 heterocycles. The van der Waals surface area contributed by atoms with E-state index in [2.05, 4.69) is 5.32 Å². The second kappa shape index (κ2) is 10.6. The summed E-state index contributed by atoms with van der Waals surface area (Å²) in [5, 5.41) is 7.79. The fourth-order valence-corrected chi connectivity index (χ4v) is 4.97. The number of carbonyl (C=O) groups excluding carboxylic acids is 2. The van der Waals surface area contributed by atoms with E-state index >= 15 is 0 Å². The van der Waals surface area contributed by atoms with Crippen molar-refractivity contribution < 1.29 is 19.1 Å². The van der Waals surface area contributed by atoms with E-state index < -0.39 is 5.54 Å². The Morgan fingerprint density at radius 2 is 1.67 bits per heavy atom. The lowest BCUT2D eigenvalue weighted by Crippen LogP contribution is -2.63. The Morgan fingerprint density at radius 3 is 2.36 bits per heavy atom. The third-order valence-electron chi connectivity index (χ3n) is 7.39. The van der Waals surface area contributed by atoms with Gasteiger partial charge in [0.1, 0.15) is 22.7 Å². The zero-order chi connectivity index (χ0) is 27.6. The van der Waals surface area contributed by atoms with E-state index in [4.69, 9.17) is 14.6 Å². The number of amides is 2. The lowest BCUT2D eigenvalue weighted by atomic mass is 9.93. The fraction of sp³-hybridized carbons (Fsp3) is 0.258. The minimum absolute atomic E-state index is 0.216. The molecular weight excluding hydrogens is 492 g/mol. The molecule has 0 aliphatic carbocycles. The second-order valence-corrected chi connectivity index (χ2v) is 9.89. The number of benzene rings is 3. The average Bonchev–Trinajstić information content (AvgIpc) is 3.39. The fourth-order valence-electron chi connectivity index (χ4n) is 4.97. The zero-order valence-corrected chi connectivity index (χ0v) is 22.6. The van der Waals surface area contributed by atoms with Crippen molar-refractivity contribution in [3.63, 3.8) is 0 Å². The van der Waals surface area contributed by atoms with Crippen LogP contribution < -0.4 is 14.8 Å². The molecule has 0 saturated heterocycles. The van der Waals surface area contributed by atoms with Gasteiger partial charge in [-0.3, -0.25) is 14.3 Å². The number of hydrogen-bond acceptors (Lipinski definition) is 5. The van der Waals surface area contributed by atoms with Crippen LogP contribution in [0.4, 0.5) is 0 Å². The van der Waals surface area contributed by atoms with Gasteiger partial charge in [-0.25, -0.2) is 0 Å². The first-order valence-electron chi connectivity index (χ1n) is 12.8. The van der Waals surface area contributed by atoms with Crippen LogP contribution in [0.3, 0.4) is 0 Å². The quantitative estimate of drug-likeness (QED) is 0.364. The minimum Gasteiger partial charge on any atom is -0.497 e. The predicted octanol–water partition coefficient (Wildman–Crippen LogP) is 4.61. The molecule has 1 atom stereocenters. The van der Waals surface area contributed by atoms with Gasteiger partial charge >= 0.3 is 0 Å². The number of para-hydroxylation sites is 1. The number of aromatic nitrogens is 2. The summed E-state index contributed by atoms with van der Waals surface area (Å²) in [4.78, 5) is 29.6. The predicted molar refractivity (Wildman–Crippen MR) is 149 cm³/mol. The number of nitrogens with one attached hydrogen (secondary N) is 1. The summed E-state index contributed by atoms with van der Waals surface area (Å²) in [5.41, 5.74) is 3.68. The Hall–Kier alpha value is -4.59. The number of nitrogens with zero attached hydrogens (tertiary/aromatic N) is 3.